The first kappa shape index (κ1) is 14.5. The Bertz CT molecular complexity index is 498. The molecule has 0 bridgehead atoms. The van der Waals surface area contributed by atoms with Crippen LogP contribution in [0.25, 0.3) is 0 Å². The Hall–Kier alpha value is -1.88. The van der Waals surface area contributed by atoms with E-state index >= 15 is 0 Å². The Labute approximate surface area is 120 Å². The molecule has 2 rings (SSSR count). The van der Waals surface area contributed by atoms with Crippen LogP contribution in [0.2, 0.25) is 0 Å². The third kappa shape index (κ3) is 3.81. The van der Waals surface area contributed by atoms with Gasteiger partial charge >= 0.3 is 0 Å². The second-order valence-corrected chi connectivity index (χ2v) is 4.68. The average Bonchev–Trinajstić information content (AvgIpc) is 3.01. The maximum atomic E-state index is 5.43. The summed E-state index contributed by atoms with van der Waals surface area (Å²) in [6, 6.07) is 8.51. The van der Waals surface area contributed by atoms with E-state index in [1.807, 2.05) is 23.0 Å². The molecule has 0 amide bonds. The monoisotopic (exact) mass is 274 g/mol. The number of para-hydroxylation sites is 1. The number of aromatic nitrogens is 3. The number of nitrogens with zero attached hydrogens (tertiary/aromatic N) is 3. The lowest BCUT2D eigenvalue weighted by molar-refractivity contribution is 0.394. The summed E-state index contributed by atoms with van der Waals surface area (Å²) in [5, 5.41) is 11.3. The highest BCUT2D eigenvalue weighted by Crippen LogP contribution is 2.26. The molecule has 2 aromatic rings. The van der Waals surface area contributed by atoms with Gasteiger partial charge in [-0.05, 0) is 25.5 Å². The van der Waals surface area contributed by atoms with Crippen molar-refractivity contribution in [1.29, 1.82) is 0 Å². The molecule has 1 N–H and O–H groups in total. The molecule has 0 saturated carbocycles. The third-order valence-electron chi connectivity index (χ3n) is 3.35. The molecule has 0 saturated heterocycles. The highest BCUT2D eigenvalue weighted by atomic mass is 16.5. The summed E-state index contributed by atoms with van der Waals surface area (Å²) in [5.41, 5.74) is 1.22. The van der Waals surface area contributed by atoms with Gasteiger partial charge in [-0.15, -0.1) is 5.10 Å². The zero-order valence-electron chi connectivity index (χ0n) is 12.1. The van der Waals surface area contributed by atoms with Gasteiger partial charge in [-0.1, -0.05) is 30.3 Å². The Morgan fingerprint density at radius 3 is 2.90 bits per heavy atom. The van der Waals surface area contributed by atoms with Crippen molar-refractivity contribution in [1.82, 2.24) is 20.3 Å². The SMILES string of the molecule is CCC(NCCCn1ccnn1)c1ccccc1OC. The molecule has 5 nitrogen and oxygen atoms in total. The van der Waals surface area contributed by atoms with E-state index in [0.29, 0.717) is 6.04 Å². The van der Waals surface area contributed by atoms with Crippen molar-refractivity contribution in [2.75, 3.05) is 13.7 Å². The summed E-state index contributed by atoms with van der Waals surface area (Å²) >= 11 is 0. The molecule has 0 aliphatic heterocycles. The van der Waals surface area contributed by atoms with E-state index in [1.54, 1.807) is 13.3 Å². The molecule has 1 unspecified atom stereocenters. The molecule has 0 aliphatic carbocycles. The maximum Gasteiger partial charge on any atom is 0.123 e. The molecule has 5 heteroatoms. The van der Waals surface area contributed by atoms with Crippen LogP contribution in [0, 0.1) is 0 Å². The first-order valence-corrected chi connectivity index (χ1v) is 7.05. The van der Waals surface area contributed by atoms with Gasteiger partial charge in [0.2, 0.25) is 0 Å². The van der Waals surface area contributed by atoms with Crippen LogP contribution < -0.4 is 10.1 Å². The van der Waals surface area contributed by atoms with Gasteiger partial charge in [-0.25, -0.2) is 0 Å². The van der Waals surface area contributed by atoms with Crippen molar-refractivity contribution in [3.8, 4) is 5.75 Å². The Morgan fingerprint density at radius 2 is 2.20 bits per heavy atom. The lowest BCUT2D eigenvalue weighted by Crippen LogP contribution is -2.23. The predicted molar refractivity (Wildman–Crippen MR) is 78.7 cm³/mol. The minimum atomic E-state index is 0.321. The summed E-state index contributed by atoms with van der Waals surface area (Å²) in [7, 11) is 1.72. The summed E-state index contributed by atoms with van der Waals surface area (Å²) in [6.07, 6.45) is 5.65. The molecule has 1 heterocycles. The zero-order chi connectivity index (χ0) is 14.2. The van der Waals surface area contributed by atoms with Crippen molar-refractivity contribution in [2.24, 2.45) is 0 Å². The first-order chi connectivity index (χ1) is 9.85. The van der Waals surface area contributed by atoms with Crippen molar-refractivity contribution in [3.05, 3.63) is 42.2 Å². The Kier molecular flexibility index (Phi) is 5.55. The standard InChI is InChI=1S/C15H22N4O/c1-3-14(13-7-4-5-8-15(13)20-2)16-9-6-11-19-12-10-17-18-19/h4-5,7-8,10,12,14,16H,3,6,9,11H2,1-2H3. The van der Waals surface area contributed by atoms with Crippen LogP contribution >= 0.6 is 0 Å². The van der Waals surface area contributed by atoms with Gasteiger partial charge in [0, 0.05) is 24.3 Å². The zero-order valence-corrected chi connectivity index (χ0v) is 12.1. The van der Waals surface area contributed by atoms with Crippen LogP contribution in [-0.2, 0) is 6.54 Å². The molecule has 0 aliphatic rings. The van der Waals surface area contributed by atoms with Crippen molar-refractivity contribution < 1.29 is 4.74 Å². The van der Waals surface area contributed by atoms with E-state index in [-0.39, 0.29) is 0 Å². The van der Waals surface area contributed by atoms with E-state index in [0.717, 1.165) is 31.7 Å². The highest BCUT2D eigenvalue weighted by molar-refractivity contribution is 5.35. The van der Waals surface area contributed by atoms with Crippen molar-refractivity contribution in [3.63, 3.8) is 0 Å². The third-order valence-corrected chi connectivity index (χ3v) is 3.35. The molecule has 0 spiro atoms. The molecule has 1 atom stereocenters. The summed E-state index contributed by atoms with van der Waals surface area (Å²) in [4.78, 5) is 0. The topological polar surface area (TPSA) is 52.0 Å². The van der Waals surface area contributed by atoms with E-state index in [4.69, 9.17) is 4.74 Å². The van der Waals surface area contributed by atoms with E-state index in [2.05, 4.69) is 34.7 Å². The largest absolute Gasteiger partial charge is 0.496 e. The fourth-order valence-corrected chi connectivity index (χ4v) is 2.30. The number of ether oxygens (including phenoxy) is 1. The lowest BCUT2D eigenvalue weighted by atomic mass is 10.0. The van der Waals surface area contributed by atoms with E-state index in [1.165, 1.54) is 5.56 Å². The molecule has 1 aromatic heterocycles. The molecule has 1 aromatic carbocycles. The van der Waals surface area contributed by atoms with Crippen LogP contribution in [0.5, 0.6) is 5.75 Å². The number of methoxy groups -OCH3 is 1. The van der Waals surface area contributed by atoms with Gasteiger partial charge in [0.05, 0.1) is 13.3 Å². The number of nitrogens with one attached hydrogen (secondary N) is 1. The molecular weight excluding hydrogens is 252 g/mol. The van der Waals surface area contributed by atoms with Crippen molar-refractivity contribution >= 4 is 0 Å². The molecule has 0 radical (unpaired) electrons. The number of rotatable bonds is 8. The predicted octanol–water partition coefficient (Wildman–Crippen LogP) is 2.42. The first-order valence-electron chi connectivity index (χ1n) is 7.05. The van der Waals surface area contributed by atoms with Gasteiger partial charge in [-0.3, -0.25) is 4.68 Å². The highest BCUT2D eigenvalue weighted by Gasteiger charge is 2.12. The van der Waals surface area contributed by atoms with Crippen molar-refractivity contribution in [2.45, 2.75) is 32.4 Å². The minimum Gasteiger partial charge on any atom is -0.496 e. The smallest absolute Gasteiger partial charge is 0.123 e. The number of benzene rings is 1. The average molecular weight is 274 g/mol. The van der Waals surface area contributed by atoms with Crippen LogP contribution in [0.4, 0.5) is 0 Å². The Balaban J connectivity index is 1.85. The quantitative estimate of drug-likeness (QED) is 0.751. The second kappa shape index (κ2) is 7.65. The molecule has 0 fully saturated rings. The van der Waals surface area contributed by atoms with Crippen LogP contribution in [0.15, 0.2) is 36.7 Å². The van der Waals surface area contributed by atoms with Gasteiger partial charge in [0.25, 0.3) is 0 Å². The van der Waals surface area contributed by atoms with Gasteiger partial charge in [-0.2, -0.15) is 0 Å². The van der Waals surface area contributed by atoms with Gasteiger partial charge < -0.3 is 10.1 Å². The van der Waals surface area contributed by atoms with Crippen LogP contribution in [0.1, 0.15) is 31.4 Å². The molecule has 20 heavy (non-hydrogen) atoms. The summed E-state index contributed by atoms with van der Waals surface area (Å²) in [5.74, 6) is 0.947. The second-order valence-electron chi connectivity index (χ2n) is 4.68. The van der Waals surface area contributed by atoms with Gasteiger partial charge in [0.1, 0.15) is 5.75 Å². The summed E-state index contributed by atoms with van der Waals surface area (Å²) in [6.45, 7) is 4.01. The van der Waals surface area contributed by atoms with Crippen LogP contribution in [0.3, 0.4) is 0 Å². The lowest BCUT2D eigenvalue weighted by Gasteiger charge is -2.19. The van der Waals surface area contributed by atoms with E-state index in [9.17, 15) is 0 Å². The minimum absolute atomic E-state index is 0.321. The number of hydrogen-bond donors (Lipinski definition) is 1. The number of hydrogen-bond acceptors (Lipinski definition) is 4. The van der Waals surface area contributed by atoms with Crippen LogP contribution in [-0.4, -0.2) is 28.6 Å². The fraction of sp³-hybridized carbons (Fsp3) is 0.467. The molecule has 108 valence electrons. The fourth-order valence-electron chi connectivity index (χ4n) is 2.30. The summed E-state index contributed by atoms with van der Waals surface area (Å²) < 4.78 is 7.28. The molecular formula is C15H22N4O. The maximum absolute atomic E-state index is 5.43. The Morgan fingerprint density at radius 1 is 1.35 bits per heavy atom. The van der Waals surface area contributed by atoms with Gasteiger partial charge in [0.15, 0.2) is 0 Å². The van der Waals surface area contributed by atoms with E-state index < -0.39 is 0 Å². The normalized spacial score (nSPS) is 12.3. The number of aryl methyl sites for hydroxylation is 1.